The highest BCUT2D eigenvalue weighted by Gasteiger charge is 2.35. The SMILES string of the molecule is O=C(NCCc1ccccc1)C1CC(=O)N(CCCc2ccccc2)C(=Nc2ccc(F)cc2)S1. The number of hydrogen-bond acceptors (Lipinski definition) is 4. The summed E-state index contributed by atoms with van der Waals surface area (Å²) in [5, 5.41) is 2.88. The first-order valence-corrected chi connectivity index (χ1v) is 12.6. The van der Waals surface area contributed by atoms with E-state index in [1.165, 1.54) is 29.5 Å². The highest BCUT2D eigenvalue weighted by molar-refractivity contribution is 8.15. The lowest BCUT2D eigenvalue weighted by Crippen LogP contribution is -2.47. The lowest BCUT2D eigenvalue weighted by atomic mass is 10.1. The molecular weight excluding hydrogens is 461 g/mol. The normalized spacial score (nSPS) is 16.9. The predicted octanol–water partition coefficient (Wildman–Crippen LogP) is 5.14. The number of carbonyl (C=O) groups excluding carboxylic acids is 2. The van der Waals surface area contributed by atoms with Crippen molar-refractivity contribution in [2.45, 2.75) is 30.9 Å². The van der Waals surface area contributed by atoms with Gasteiger partial charge in [-0.05, 0) is 54.7 Å². The molecule has 0 aliphatic carbocycles. The van der Waals surface area contributed by atoms with E-state index in [4.69, 9.17) is 0 Å². The molecule has 0 radical (unpaired) electrons. The van der Waals surface area contributed by atoms with Crippen molar-refractivity contribution in [1.82, 2.24) is 10.2 Å². The molecule has 1 N–H and O–H groups in total. The number of aliphatic imine (C=N–C) groups is 1. The van der Waals surface area contributed by atoms with Gasteiger partial charge in [0, 0.05) is 19.5 Å². The van der Waals surface area contributed by atoms with Gasteiger partial charge < -0.3 is 5.32 Å². The Morgan fingerprint density at radius 3 is 2.23 bits per heavy atom. The van der Waals surface area contributed by atoms with Crippen molar-refractivity contribution in [3.8, 4) is 0 Å². The van der Waals surface area contributed by atoms with Crippen molar-refractivity contribution >= 4 is 34.4 Å². The Morgan fingerprint density at radius 1 is 0.943 bits per heavy atom. The highest BCUT2D eigenvalue weighted by Crippen LogP contribution is 2.29. The Hall–Kier alpha value is -3.45. The number of carbonyl (C=O) groups is 2. The van der Waals surface area contributed by atoms with Crippen LogP contribution in [0.4, 0.5) is 10.1 Å². The molecule has 7 heteroatoms. The number of nitrogens with one attached hydrogen (secondary N) is 1. The minimum Gasteiger partial charge on any atom is -0.355 e. The number of rotatable bonds is 9. The minimum absolute atomic E-state index is 0.121. The molecule has 0 bridgehead atoms. The van der Waals surface area contributed by atoms with Crippen LogP contribution in [0, 0.1) is 5.82 Å². The van der Waals surface area contributed by atoms with E-state index in [2.05, 4.69) is 22.4 Å². The van der Waals surface area contributed by atoms with E-state index in [9.17, 15) is 14.0 Å². The predicted molar refractivity (Wildman–Crippen MR) is 139 cm³/mol. The Morgan fingerprint density at radius 2 is 1.57 bits per heavy atom. The second-order valence-electron chi connectivity index (χ2n) is 8.34. The first kappa shape index (κ1) is 24.7. The number of hydrogen-bond donors (Lipinski definition) is 1. The van der Waals surface area contributed by atoms with Crippen LogP contribution in [-0.2, 0) is 22.4 Å². The van der Waals surface area contributed by atoms with Crippen LogP contribution in [0.5, 0.6) is 0 Å². The number of amides is 2. The number of aryl methyl sites for hydroxylation is 1. The van der Waals surface area contributed by atoms with Gasteiger partial charge in [-0.2, -0.15) is 0 Å². The molecule has 2 amide bonds. The standard InChI is InChI=1S/C28H28FN3O2S/c29-23-13-15-24(16-14-23)31-28-32(19-7-12-21-8-3-1-4-9-21)26(33)20-25(35-28)27(34)30-18-17-22-10-5-2-6-11-22/h1-6,8-11,13-16,25H,7,12,17-20H2,(H,30,34). The first-order valence-electron chi connectivity index (χ1n) is 11.8. The van der Waals surface area contributed by atoms with Crippen LogP contribution in [0.1, 0.15) is 24.0 Å². The fourth-order valence-electron chi connectivity index (χ4n) is 3.86. The largest absolute Gasteiger partial charge is 0.355 e. The van der Waals surface area contributed by atoms with Gasteiger partial charge in [-0.3, -0.25) is 14.5 Å². The lowest BCUT2D eigenvalue weighted by Gasteiger charge is -2.32. The zero-order chi connectivity index (χ0) is 24.5. The van der Waals surface area contributed by atoms with Crippen molar-refractivity contribution in [2.75, 3.05) is 13.1 Å². The zero-order valence-electron chi connectivity index (χ0n) is 19.4. The molecule has 180 valence electrons. The summed E-state index contributed by atoms with van der Waals surface area (Å²) in [5.41, 5.74) is 2.89. The maximum Gasteiger partial charge on any atom is 0.234 e. The monoisotopic (exact) mass is 489 g/mol. The third-order valence-electron chi connectivity index (χ3n) is 5.73. The molecule has 1 aliphatic rings. The van der Waals surface area contributed by atoms with Gasteiger partial charge in [-0.25, -0.2) is 9.38 Å². The fraction of sp³-hybridized carbons (Fsp3) is 0.250. The summed E-state index contributed by atoms with van der Waals surface area (Å²) in [6, 6.07) is 25.9. The van der Waals surface area contributed by atoms with E-state index in [-0.39, 0.29) is 24.1 Å². The van der Waals surface area contributed by atoms with Crippen LogP contribution in [0.15, 0.2) is 89.9 Å². The van der Waals surface area contributed by atoms with Gasteiger partial charge in [0.15, 0.2) is 5.17 Å². The van der Waals surface area contributed by atoms with Crippen molar-refractivity contribution in [1.29, 1.82) is 0 Å². The maximum absolute atomic E-state index is 13.4. The van der Waals surface area contributed by atoms with Crippen molar-refractivity contribution in [3.63, 3.8) is 0 Å². The van der Waals surface area contributed by atoms with Gasteiger partial charge in [0.1, 0.15) is 5.82 Å². The second kappa shape index (κ2) is 12.3. The average molecular weight is 490 g/mol. The van der Waals surface area contributed by atoms with Gasteiger partial charge in [-0.1, -0.05) is 72.4 Å². The number of benzene rings is 3. The van der Waals surface area contributed by atoms with Crippen molar-refractivity contribution < 1.29 is 14.0 Å². The third-order valence-corrected chi connectivity index (χ3v) is 6.92. The third kappa shape index (κ3) is 7.26. The van der Waals surface area contributed by atoms with Crippen LogP contribution in [0.25, 0.3) is 0 Å². The smallest absolute Gasteiger partial charge is 0.234 e. The zero-order valence-corrected chi connectivity index (χ0v) is 20.2. The summed E-state index contributed by atoms with van der Waals surface area (Å²) in [5.74, 6) is -0.646. The molecule has 4 rings (SSSR count). The molecule has 0 aromatic heterocycles. The van der Waals surface area contributed by atoms with Gasteiger partial charge in [0.2, 0.25) is 11.8 Å². The van der Waals surface area contributed by atoms with E-state index in [0.717, 1.165) is 24.8 Å². The van der Waals surface area contributed by atoms with Crippen LogP contribution in [-0.4, -0.2) is 40.2 Å². The molecule has 1 atom stereocenters. The summed E-state index contributed by atoms with van der Waals surface area (Å²) in [6.45, 7) is 1.00. The first-order chi connectivity index (χ1) is 17.1. The van der Waals surface area contributed by atoms with Gasteiger partial charge in [0.25, 0.3) is 0 Å². The summed E-state index contributed by atoms with van der Waals surface area (Å²) < 4.78 is 13.4. The summed E-state index contributed by atoms with van der Waals surface area (Å²) in [4.78, 5) is 32.2. The van der Waals surface area contributed by atoms with E-state index >= 15 is 0 Å². The molecule has 1 saturated heterocycles. The van der Waals surface area contributed by atoms with Crippen LogP contribution >= 0.6 is 11.8 Å². The van der Waals surface area contributed by atoms with Gasteiger partial charge >= 0.3 is 0 Å². The van der Waals surface area contributed by atoms with Gasteiger partial charge in [0.05, 0.1) is 10.9 Å². The quantitative estimate of drug-likeness (QED) is 0.453. The Balaban J connectivity index is 1.42. The highest BCUT2D eigenvalue weighted by atomic mass is 32.2. The lowest BCUT2D eigenvalue weighted by molar-refractivity contribution is -0.130. The molecule has 1 unspecified atom stereocenters. The molecule has 3 aromatic carbocycles. The number of halogens is 1. The summed E-state index contributed by atoms with van der Waals surface area (Å²) >= 11 is 1.29. The minimum atomic E-state index is -0.553. The van der Waals surface area contributed by atoms with Crippen LogP contribution in [0.2, 0.25) is 0 Å². The molecule has 3 aromatic rings. The Kier molecular flexibility index (Phi) is 8.68. The molecule has 1 heterocycles. The van der Waals surface area contributed by atoms with E-state index in [1.807, 2.05) is 48.5 Å². The van der Waals surface area contributed by atoms with Crippen LogP contribution in [0.3, 0.4) is 0 Å². The molecule has 35 heavy (non-hydrogen) atoms. The number of nitrogens with zero attached hydrogens (tertiary/aromatic N) is 2. The molecule has 1 aliphatic heterocycles. The van der Waals surface area contributed by atoms with E-state index < -0.39 is 5.25 Å². The van der Waals surface area contributed by atoms with Crippen LogP contribution < -0.4 is 5.32 Å². The van der Waals surface area contributed by atoms with E-state index in [0.29, 0.717) is 23.9 Å². The molecule has 1 fully saturated rings. The van der Waals surface area contributed by atoms with Crippen molar-refractivity contribution in [3.05, 3.63) is 102 Å². The average Bonchev–Trinajstić information content (AvgIpc) is 2.88. The Bertz CT molecular complexity index is 1150. The summed E-state index contributed by atoms with van der Waals surface area (Å²) in [6.07, 6.45) is 2.45. The van der Waals surface area contributed by atoms with E-state index in [1.54, 1.807) is 17.0 Å². The maximum atomic E-state index is 13.4. The topological polar surface area (TPSA) is 61.8 Å². The Labute approximate surface area is 209 Å². The molecule has 5 nitrogen and oxygen atoms in total. The summed E-state index contributed by atoms with van der Waals surface area (Å²) in [7, 11) is 0. The van der Waals surface area contributed by atoms with Crippen molar-refractivity contribution in [2.24, 2.45) is 4.99 Å². The fourth-order valence-corrected chi connectivity index (χ4v) is 5.01. The number of thioether (sulfide) groups is 1. The second-order valence-corrected chi connectivity index (χ2v) is 9.51. The molecule has 0 spiro atoms. The number of amidine groups is 1. The molecule has 0 saturated carbocycles. The van der Waals surface area contributed by atoms with Gasteiger partial charge in [-0.15, -0.1) is 0 Å². The molecular formula is C28H28FN3O2S.